The summed E-state index contributed by atoms with van der Waals surface area (Å²) in [5.74, 6) is 0.157. The quantitative estimate of drug-likeness (QED) is 0.844. The van der Waals surface area contributed by atoms with Crippen LogP contribution in [0.15, 0.2) is 41.8 Å². The number of rotatable bonds is 5. The minimum absolute atomic E-state index is 0.157. The third-order valence-electron chi connectivity index (χ3n) is 3.20. The molecule has 0 aliphatic rings. The molecule has 0 unspecified atom stereocenters. The molecule has 0 spiro atoms. The molecular weight excluding hydrogens is 268 g/mol. The normalized spacial score (nSPS) is 10.3. The predicted octanol–water partition coefficient (Wildman–Crippen LogP) is 3.02. The van der Waals surface area contributed by atoms with Crippen LogP contribution >= 0.6 is 11.3 Å². The van der Waals surface area contributed by atoms with Gasteiger partial charge in [0.2, 0.25) is 5.91 Å². The Morgan fingerprint density at radius 1 is 1.10 bits per heavy atom. The van der Waals surface area contributed by atoms with Crippen molar-refractivity contribution in [2.75, 3.05) is 26.0 Å². The van der Waals surface area contributed by atoms with Gasteiger partial charge in [-0.3, -0.25) is 4.79 Å². The van der Waals surface area contributed by atoms with E-state index in [1.165, 1.54) is 5.69 Å². The topological polar surface area (TPSA) is 23.6 Å². The van der Waals surface area contributed by atoms with Crippen LogP contribution in [0.25, 0.3) is 0 Å². The Balaban J connectivity index is 1.93. The molecule has 0 N–H and O–H groups in total. The molecule has 0 saturated carbocycles. The molecule has 0 bridgehead atoms. The highest BCUT2D eigenvalue weighted by Crippen LogP contribution is 2.15. The van der Waals surface area contributed by atoms with Gasteiger partial charge in [-0.2, -0.15) is 0 Å². The molecule has 4 heteroatoms. The molecule has 20 heavy (non-hydrogen) atoms. The minimum atomic E-state index is 0.157. The Labute approximate surface area is 124 Å². The Bertz CT molecular complexity index is 546. The molecule has 0 fully saturated rings. The molecule has 106 valence electrons. The van der Waals surface area contributed by atoms with Crippen molar-refractivity contribution >= 4 is 22.9 Å². The van der Waals surface area contributed by atoms with E-state index in [1.54, 1.807) is 16.2 Å². The first-order valence-electron chi connectivity index (χ1n) is 6.59. The van der Waals surface area contributed by atoms with Gasteiger partial charge in [-0.05, 0) is 29.1 Å². The molecule has 0 radical (unpaired) electrons. The van der Waals surface area contributed by atoms with E-state index >= 15 is 0 Å². The number of carbonyl (C=O) groups is 1. The Morgan fingerprint density at radius 2 is 1.80 bits per heavy atom. The van der Waals surface area contributed by atoms with E-state index in [-0.39, 0.29) is 5.91 Å². The summed E-state index contributed by atoms with van der Waals surface area (Å²) in [6.45, 7) is 0.651. The van der Waals surface area contributed by atoms with E-state index in [2.05, 4.69) is 29.2 Å². The van der Waals surface area contributed by atoms with Crippen LogP contribution in [0.4, 0.5) is 5.69 Å². The Hall–Kier alpha value is -1.81. The highest BCUT2D eigenvalue weighted by Gasteiger charge is 2.10. The molecular formula is C16H20N2OS. The zero-order valence-corrected chi connectivity index (χ0v) is 13.0. The highest BCUT2D eigenvalue weighted by molar-refractivity contribution is 7.10. The molecule has 1 aromatic heterocycles. The number of likely N-dealkylation sites (N-methyl/N-ethyl adjacent to an activating group) is 1. The van der Waals surface area contributed by atoms with Gasteiger partial charge in [-0.1, -0.05) is 18.2 Å². The van der Waals surface area contributed by atoms with Crippen LogP contribution in [0.1, 0.15) is 10.4 Å². The monoisotopic (exact) mass is 288 g/mol. The van der Waals surface area contributed by atoms with Crippen LogP contribution in [-0.4, -0.2) is 32.0 Å². The number of thiophene rings is 1. The van der Waals surface area contributed by atoms with Crippen LogP contribution in [0.3, 0.4) is 0 Å². The second kappa shape index (κ2) is 6.57. The van der Waals surface area contributed by atoms with Gasteiger partial charge >= 0.3 is 0 Å². The van der Waals surface area contributed by atoms with E-state index < -0.39 is 0 Å². The zero-order chi connectivity index (χ0) is 14.5. The van der Waals surface area contributed by atoms with Gasteiger partial charge in [0, 0.05) is 38.3 Å². The molecule has 0 aliphatic heterocycles. The van der Waals surface area contributed by atoms with E-state index in [0.717, 1.165) is 10.4 Å². The first-order valence-corrected chi connectivity index (χ1v) is 7.47. The van der Waals surface area contributed by atoms with E-state index in [9.17, 15) is 4.79 Å². The van der Waals surface area contributed by atoms with Crippen molar-refractivity contribution in [2.24, 2.45) is 0 Å². The van der Waals surface area contributed by atoms with Crippen molar-refractivity contribution in [3.63, 3.8) is 0 Å². The van der Waals surface area contributed by atoms with Crippen molar-refractivity contribution < 1.29 is 4.79 Å². The fourth-order valence-corrected chi connectivity index (χ4v) is 2.65. The lowest BCUT2D eigenvalue weighted by molar-refractivity contribution is -0.129. The predicted molar refractivity (Wildman–Crippen MR) is 85.3 cm³/mol. The Morgan fingerprint density at radius 3 is 2.35 bits per heavy atom. The second-order valence-corrected chi connectivity index (χ2v) is 6.10. The van der Waals surface area contributed by atoms with Crippen LogP contribution in [-0.2, 0) is 17.8 Å². The van der Waals surface area contributed by atoms with Gasteiger partial charge in [0.05, 0.1) is 6.42 Å². The molecule has 1 amide bonds. The number of hydrogen-bond donors (Lipinski definition) is 0. The summed E-state index contributed by atoms with van der Waals surface area (Å²) in [6.07, 6.45) is 0.490. The molecule has 0 atom stereocenters. The Kier molecular flexibility index (Phi) is 4.79. The summed E-state index contributed by atoms with van der Waals surface area (Å²) in [5.41, 5.74) is 2.32. The molecule has 0 aliphatic carbocycles. The summed E-state index contributed by atoms with van der Waals surface area (Å²) in [5, 5.41) is 2.00. The van der Waals surface area contributed by atoms with Crippen LogP contribution in [0.2, 0.25) is 0 Å². The first-order chi connectivity index (χ1) is 9.56. The van der Waals surface area contributed by atoms with Gasteiger partial charge < -0.3 is 9.80 Å². The average Bonchev–Trinajstić information content (AvgIpc) is 2.92. The standard InChI is InChI=1S/C16H20N2OS/c1-17(2)14-8-6-13(7-9-14)12-18(3)16(19)11-15-5-4-10-20-15/h4-10H,11-12H2,1-3H3. The first kappa shape index (κ1) is 14.6. The number of benzene rings is 1. The van der Waals surface area contributed by atoms with Crippen molar-refractivity contribution in [3.05, 3.63) is 52.2 Å². The molecule has 1 heterocycles. The molecule has 0 saturated heterocycles. The number of nitrogens with zero attached hydrogens (tertiary/aromatic N) is 2. The number of carbonyl (C=O) groups excluding carboxylic acids is 1. The van der Waals surface area contributed by atoms with E-state index in [4.69, 9.17) is 0 Å². The van der Waals surface area contributed by atoms with Crippen LogP contribution < -0.4 is 4.90 Å². The van der Waals surface area contributed by atoms with E-state index in [1.807, 2.05) is 38.7 Å². The molecule has 3 nitrogen and oxygen atoms in total. The van der Waals surface area contributed by atoms with E-state index in [0.29, 0.717) is 13.0 Å². The summed E-state index contributed by atoms with van der Waals surface area (Å²) < 4.78 is 0. The zero-order valence-electron chi connectivity index (χ0n) is 12.2. The van der Waals surface area contributed by atoms with Gasteiger partial charge in [-0.15, -0.1) is 11.3 Å². The fourth-order valence-electron chi connectivity index (χ4n) is 1.96. The summed E-state index contributed by atoms with van der Waals surface area (Å²) in [6, 6.07) is 12.3. The minimum Gasteiger partial charge on any atom is -0.378 e. The second-order valence-electron chi connectivity index (χ2n) is 5.07. The smallest absolute Gasteiger partial charge is 0.227 e. The van der Waals surface area contributed by atoms with Gasteiger partial charge in [-0.25, -0.2) is 0 Å². The number of anilines is 1. The summed E-state index contributed by atoms with van der Waals surface area (Å²) in [7, 11) is 5.90. The summed E-state index contributed by atoms with van der Waals surface area (Å²) in [4.78, 5) is 17.1. The van der Waals surface area contributed by atoms with Gasteiger partial charge in [0.1, 0.15) is 0 Å². The lowest BCUT2D eigenvalue weighted by Gasteiger charge is -2.18. The summed E-state index contributed by atoms with van der Waals surface area (Å²) >= 11 is 1.63. The maximum absolute atomic E-state index is 12.1. The number of hydrogen-bond acceptors (Lipinski definition) is 3. The largest absolute Gasteiger partial charge is 0.378 e. The highest BCUT2D eigenvalue weighted by atomic mass is 32.1. The molecule has 1 aromatic carbocycles. The van der Waals surface area contributed by atoms with Crippen molar-refractivity contribution in [2.45, 2.75) is 13.0 Å². The SMILES string of the molecule is CN(Cc1ccc(N(C)C)cc1)C(=O)Cc1cccs1. The number of amides is 1. The van der Waals surface area contributed by atoms with Crippen molar-refractivity contribution in [1.29, 1.82) is 0 Å². The van der Waals surface area contributed by atoms with Gasteiger partial charge in [0.15, 0.2) is 0 Å². The lowest BCUT2D eigenvalue weighted by Crippen LogP contribution is -2.27. The fraction of sp³-hybridized carbons (Fsp3) is 0.312. The van der Waals surface area contributed by atoms with Gasteiger partial charge in [0.25, 0.3) is 0 Å². The molecule has 2 aromatic rings. The maximum atomic E-state index is 12.1. The maximum Gasteiger partial charge on any atom is 0.227 e. The van der Waals surface area contributed by atoms with Crippen molar-refractivity contribution in [3.8, 4) is 0 Å². The molecule has 2 rings (SSSR count). The third kappa shape index (κ3) is 3.84. The third-order valence-corrected chi connectivity index (χ3v) is 4.08. The van der Waals surface area contributed by atoms with Crippen molar-refractivity contribution in [1.82, 2.24) is 4.90 Å². The van der Waals surface area contributed by atoms with Crippen LogP contribution in [0.5, 0.6) is 0 Å². The average molecular weight is 288 g/mol. The lowest BCUT2D eigenvalue weighted by atomic mass is 10.2. The van der Waals surface area contributed by atoms with Crippen LogP contribution in [0, 0.1) is 0 Å².